The molecule has 2 rings (SSSR count). The molecule has 11 heteroatoms. The van der Waals surface area contributed by atoms with Gasteiger partial charge >= 0.3 is 5.97 Å². The van der Waals surface area contributed by atoms with Gasteiger partial charge in [0.05, 0.1) is 17.7 Å². The van der Waals surface area contributed by atoms with Crippen molar-refractivity contribution >= 4 is 33.3 Å². The van der Waals surface area contributed by atoms with E-state index in [4.69, 9.17) is 5.26 Å². The second-order valence-corrected chi connectivity index (χ2v) is 6.96. The standard InChI is InChI=1S/C16H16N6O4S/c1-10-8-11(2)19-16(18-10)22-27(24,25)13-6-4-12(5-7-13)20-21-14(9-17)15(23)26-3/h4-8,20H,1-3H3,(H,18,19,22). The number of carbonyl (C=O) groups is 1. The highest BCUT2D eigenvalue weighted by molar-refractivity contribution is 7.92. The summed E-state index contributed by atoms with van der Waals surface area (Å²) in [6.45, 7) is 3.47. The Morgan fingerprint density at radius 1 is 1.19 bits per heavy atom. The first-order valence-electron chi connectivity index (χ1n) is 7.52. The monoisotopic (exact) mass is 388 g/mol. The van der Waals surface area contributed by atoms with Gasteiger partial charge in [0.1, 0.15) is 6.07 Å². The number of rotatable bonds is 6. The molecule has 140 valence electrons. The van der Waals surface area contributed by atoms with Gasteiger partial charge in [-0.1, -0.05) is 0 Å². The first-order valence-corrected chi connectivity index (χ1v) is 9.01. The van der Waals surface area contributed by atoms with Gasteiger partial charge in [-0.25, -0.2) is 27.9 Å². The first-order chi connectivity index (χ1) is 12.7. The van der Waals surface area contributed by atoms with E-state index in [1.165, 1.54) is 24.3 Å². The lowest BCUT2D eigenvalue weighted by molar-refractivity contribution is -0.132. The maximum Gasteiger partial charge on any atom is 0.369 e. The Balaban J connectivity index is 2.17. The van der Waals surface area contributed by atoms with Crippen molar-refractivity contribution in [3.05, 3.63) is 41.7 Å². The number of sulfonamides is 1. The van der Waals surface area contributed by atoms with Crippen LogP contribution < -0.4 is 10.1 Å². The number of nitrogens with zero attached hydrogens (tertiary/aromatic N) is 4. The Morgan fingerprint density at radius 3 is 2.30 bits per heavy atom. The number of hydrogen-bond acceptors (Lipinski definition) is 9. The molecule has 0 bridgehead atoms. The highest BCUT2D eigenvalue weighted by Gasteiger charge is 2.16. The summed E-state index contributed by atoms with van der Waals surface area (Å²) < 4.78 is 31.6. The minimum absolute atomic E-state index is 0.0176. The quantitative estimate of drug-likeness (QED) is 0.428. The van der Waals surface area contributed by atoms with Crippen LogP contribution in [0.2, 0.25) is 0 Å². The highest BCUT2D eigenvalue weighted by atomic mass is 32.2. The second-order valence-electron chi connectivity index (χ2n) is 5.28. The van der Waals surface area contributed by atoms with Crippen LogP contribution in [0.3, 0.4) is 0 Å². The lowest BCUT2D eigenvalue weighted by atomic mass is 10.3. The van der Waals surface area contributed by atoms with Crippen LogP contribution in [0.25, 0.3) is 0 Å². The molecule has 0 unspecified atom stereocenters. The van der Waals surface area contributed by atoms with Crippen LogP contribution in [0.5, 0.6) is 0 Å². The zero-order valence-corrected chi connectivity index (χ0v) is 15.5. The van der Waals surface area contributed by atoms with Gasteiger partial charge in [0.15, 0.2) is 0 Å². The van der Waals surface area contributed by atoms with Gasteiger partial charge in [-0.2, -0.15) is 10.4 Å². The number of aryl methyl sites for hydroxylation is 2. The lowest BCUT2D eigenvalue weighted by Gasteiger charge is -2.08. The largest absolute Gasteiger partial charge is 0.464 e. The van der Waals surface area contributed by atoms with Gasteiger partial charge in [0, 0.05) is 11.4 Å². The van der Waals surface area contributed by atoms with Gasteiger partial charge < -0.3 is 4.74 Å². The number of ether oxygens (including phenoxy) is 1. The zero-order valence-electron chi connectivity index (χ0n) is 14.7. The Kier molecular flexibility index (Phi) is 6.04. The summed E-state index contributed by atoms with van der Waals surface area (Å²) in [5, 5.41) is 12.4. The summed E-state index contributed by atoms with van der Waals surface area (Å²) in [5.41, 5.74) is 3.65. The number of esters is 1. The number of methoxy groups -OCH3 is 1. The topological polar surface area (TPSA) is 146 Å². The second kappa shape index (κ2) is 8.24. The number of nitriles is 1. The number of benzene rings is 1. The van der Waals surface area contributed by atoms with E-state index in [1.807, 2.05) is 0 Å². The molecule has 0 aliphatic carbocycles. The summed E-state index contributed by atoms with van der Waals surface area (Å²) in [7, 11) is -2.76. The molecule has 0 aliphatic rings. The summed E-state index contributed by atoms with van der Waals surface area (Å²) in [6, 6.07) is 8.81. The Labute approximate surface area is 156 Å². The van der Waals surface area contributed by atoms with Crippen molar-refractivity contribution in [3.8, 4) is 6.07 Å². The Bertz CT molecular complexity index is 1010. The van der Waals surface area contributed by atoms with Crippen molar-refractivity contribution in [1.82, 2.24) is 9.97 Å². The fraction of sp³-hybridized carbons (Fsp3) is 0.188. The molecule has 1 heterocycles. The predicted molar refractivity (Wildman–Crippen MR) is 97.4 cm³/mol. The molecule has 0 spiro atoms. The van der Waals surface area contributed by atoms with Gasteiger partial charge in [-0.3, -0.25) is 5.43 Å². The van der Waals surface area contributed by atoms with Crippen molar-refractivity contribution in [2.75, 3.05) is 17.3 Å². The molecule has 2 N–H and O–H groups in total. The van der Waals surface area contributed by atoms with Gasteiger partial charge in [0.2, 0.25) is 11.7 Å². The molecule has 2 aromatic rings. The molecule has 0 saturated heterocycles. The number of carbonyl (C=O) groups excluding carboxylic acids is 1. The average Bonchev–Trinajstić information content (AvgIpc) is 2.61. The van der Waals surface area contributed by atoms with Crippen LogP contribution in [0.15, 0.2) is 40.3 Å². The summed E-state index contributed by atoms with van der Waals surface area (Å²) >= 11 is 0. The smallest absolute Gasteiger partial charge is 0.369 e. The number of nitrogens with one attached hydrogen (secondary N) is 2. The van der Waals surface area contributed by atoms with E-state index in [0.717, 1.165) is 7.11 Å². The fourth-order valence-corrected chi connectivity index (χ4v) is 2.94. The molecule has 1 aromatic carbocycles. The Hall–Kier alpha value is -3.52. The molecule has 27 heavy (non-hydrogen) atoms. The van der Waals surface area contributed by atoms with Crippen molar-refractivity contribution in [3.63, 3.8) is 0 Å². The zero-order chi connectivity index (χ0) is 20.0. The van der Waals surface area contributed by atoms with Crippen LogP contribution in [0, 0.1) is 25.2 Å². The molecule has 10 nitrogen and oxygen atoms in total. The van der Waals surface area contributed by atoms with E-state index >= 15 is 0 Å². The normalized spacial score (nSPS) is 11.4. The van der Waals surface area contributed by atoms with E-state index in [0.29, 0.717) is 17.1 Å². The van der Waals surface area contributed by atoms with E-state index < -0.39 is 21.7 Å². The first kappa shape index (κ1) is 19.8. The maximum absolute atomic E-state index is 12.4. The van der Waals surface area contributed by atoms with Gasteiger partial charge in [-0.05, 0) is 44.2 Å². The molecule has 1 aromatic heterocycles. The molecular weight excluding hydrogens is 372 g/mol. The molecule has 0 atom stereocenters. The third-order valence-corrected chi connectivity index (χ3v) is 4.50. The Morgan fingerprint density at radius 2 is 1.78 bits per heavy atom. The van der Waals surface area contributed by atoms with Crippen LogP contribution in [-0.2, 0) is 19.6 Å². The number of anilines is 2. The van der Waals surface area contributed by atoms with Gasteiger partial charge in [0.25, 0.3) is 10.0 Å². The van der Waals surface area contributed by atoms with Crippen LogP contribution in [-0.4, -0.2) is 37.2 Å². The van der Waals surface area contributed by atoms with E-state index in [2.05, 4.69) is 30.0 Å². The summed E-state index contributed by atoms with van der Waals surface area (Å²) in [5.74, 6) is -0.905. The van der Waals surface area contributed by atoms with Crippen molar-refractivity contribution in [1.29, 1.82) is 5.26 Å². The summed E-state index contributed by atoms with van der Waals surface area (Å²) in [4.78, 5) is 19.3. The molecule has 0 fully saturated rings. The van der Waals surface area contributed by atoms with Crippen molar-refractivity contribution in [2.24, 2.45) is 5.10 Å². The van der Waals surface area contributed by atoms with Crippen LogP contribution >= 0.6 is 0 Å². The molecular formula is C16H16N6O4S. The molecule has 0 amide bonds. The van der Waals surface area contributed by atoms with Crippen LogP contribution in [0.4, 0.5) is 11.6 Å². The molecule has 0 radical (unpaired) electrons. The van der Waals surface area contributed by atoms with E-state index in [9.17, 15) is 13.2 Å². The van der Waals surface area contributed by atoms with Crippen molar-refractivity contribution in [2.45, 2.75) is 18.7 Å². The minimum atomic E-state index is -3.88. The van der Waals surface area contributed by atoms with E-state index in [-0.39, 0.29) is 10.8 Å². The van der Waals surface area contributed by atoms with Gasteiger partial charge in [-0.15, -0.1) is 0 Å². The van der Waals surface area contributed by atoms with E-state index in [1.54, 1.807) is 26.0 Å². The maximum atomic E-state index is 12.4. The lowest BCUT2D eigenvalue weighted by Crippen LogP contribution is -2.16. The van der Waals surface area contributed by atoms with Crippen LogP contribution in [0.1, 0.15) is 11.4 Å². The minimum Gasteiger partial charge on any atom is -0.464 e. The highest BCUT2D eigenvalue weighted by Crippen LogP contribution is 2.17. The SMILES string of the molecule is COC(=O)C(C#N)=NNc1ccc(S(=O)(=O)Nc2nc(C)cc(C)n2)cc1. The third-order valence-electron chi connectivity index (χ3n) is 3.15. The predicted octanol–water partition coefficient (Wildman–Crippen LogP) is 1.36. The molecule has 0 aliphatic heterocycles. The summed E-state index contributed by atoms with van der Waals surface area (Å²) in [6.07, 6.45) is 0. The average molecular weight is 388 g/mol. The molecule has 0 saturated carbocycles. The fourth-order valence-electron chi connectivity index (χ4n) is 1.99. The third kappa shape index (κ3) is 5.23. The number of aromatic nitrogens is 2. The number of hydrogen-bond donors (Lipinski definition) is 2. The van der Waals surface area contributed by atoms with Crippen molar-refractivity contribution < 1.29 is 17.9 Å². The number of hydrazone groups is 1.